The van der Waals surface area contributed by atoms with Crippen molar-refractivity contribution in [2.75, 3.05) is 26.2 Å². The first-order chi connectivity index (χ1) is 9.45. The van der Waals surface area contributed by atoms with Crippen molar-refractivity contribution in [3.05, 3.63) is 0 Å². The van der Waals surface area contributed by atoms with Gasteiger partial charge >= 0.3 is 0 Å². The molecule has 0 aromatic heterocycles. The van der Waals surface area contributed by atoms with E-state index >= 15 is 0 Å². The monoisotopic (exact) mass is 299 g/mol. The molecule has 0 radical (unpaired) electrons. The predicted octanol–water partition coefficient (Wildman–Crippen LogP) is 2.02. The standard InChI is InChI=1S/C15H29N3OS/c1-4-5-13(15(16)20)17-8-10-18(11-9-17)14(19)7-6-12(2)3/h12-13H,4-11H2,1-3H3,(H2,16,20). The van der Waals surface area contributed by atoms with E-state index in [0.717, 1.165) is 45.4 Å². The van der Waals surface area contributed by atoms with Gasteiger partial charge in [0, 0.05) is 32.6 Å². The van der Waals surface area contributed by atoms with Crippen LogP contribution in [0.5, 0.6) is 0 Å². The van der Waals surface area contributed by atoms with Crippen molar-refractivity contribution >= 4 is 23.1 Å². The number of nitrogens with zero attached hydrogens (tertiary/aromatic N) is 2. The van der Waals surface area contributed by atoms with E-state index in [1.807, 2.05) is 4.90 Å². The molecule has 1 aliphatic heterocycles. The summed E-state index contributed by atoms with van der Waals surface area (Å²) in [6.45, 7) is 9.84. The molecule has 116 valence electrons. The van der Waals surface area contributed by atoms with Crippen molar-refractivity contribution in [3.63, 3.8) is 0 Å². The predicted molar refractivity (Wildman–Crippen MR) is 87.7 cm³/mol. The summed E-state index contributed by atoms with van der Waals surface area (Å²) in [5, 5.41) is 0. The Morgan fingerprint density at radius 2 is 1.80 bits per heavy atom. The van der Waals surface area contributed by atoms with Crippen molar-refractivity contribution in [2.24, 2.45) is 11.7 Å². The zero-order valence-electron chi connectivity index (χ0n) is 13.1. The van der Waals surface area contributed by atoms with Crippen molar-refractivity contribution in [1.29, 1.82) is 0 Å². The molecule has 1 atom stereocenters. The van der Waals surface area contributed by atoms with Gasteiger partial charge in [0.2, 0.25) is 5.91 Å². The van der Waals surface area contributed by atoms with Gasteiger partial charge in [-0.25, -0.2) is 0 Å². The first-order valence-corrected chi connectivity index (χ1v) is 8.17. The van der Waals surface area contributed by atoms with Gasteiger partial charge in [-0.3, -0.25) is 9.69 Å². The molecule has 5 heteroatoms. The van der Waals surface area contributed by atoms with Crippen molar-refractivity contribution in [1.82, 2.24) is 9.80 Å². The van der Waals surface area contributed by atoms with E-state index in [4.69, 9.17) is 18.0 Å². The highest BCUT2D eigenvalue weighted by Gasteiger charge is 2.26. The van der Waals surface area contributed by atoms with E-state index in [1.165, 1.54) is 0 Å². The highest BCUT2D eigenvalue weighted by molar-refractivity contribution is 7.80. The van der Waals surface area contributed by atoms with E-state index < -0.39 is 0 Å². The van der Waals surface area contributed by atoms with Gasteiger partial charge in [-0.2, -0.15) is 0 Å². The van der Waals surface area contributed by atoms with Crippen LogP contribution in [0.1, 0.15) is 46.5 Å². The van der Waals surface area contributed by atoms with Gasteiger partial charge in [0.05, 0.1) is 11.0 Å². The minimum atomic E-state index is 0.197. The van der Waals surface area contributed by atoms with Crippen molar-refractivity contribution in [3.8, 4) is 0 Å². The smallest absolute Gasteiger partial charge is 0.222 e. The second kappa shape index (κ2) is 8.57. The Labute approximate surface area is 128 Å². The summed E-state index contributed by atoms with van der Waals surface area (Å²) < 4.78 is 0. The zero-order valence-corrected chi connectivity index (χ0v) is 13.9. The molecule has 0 aromatic carbocycles. The van der Waals surface area contributed by atoms with Gasteiger partial charge < -0.3 is 10.6 Å². The second-order valence-corrected chi connectivity index (χ2v) is 6.53. The molecule has 1 fully saturated rings. The fraction of sp³-hybridized carbons (Fsp3) is 0.867. The highest BCUT2D eigenvalue weighted by atomic mass is 32.1. The van der Waals surface area contributed by atoms with E-state index in [0.29, 0.717) is 23.2 Å². The van der Waals surface area contributed by atoms with Gasteiger partial charge in [-0.15, -0.1) is 0 Å². The number of amides is 1. The first kappa shape index (κ1) is 17.4. The van der Waals surface area contributed by atoms with Crippen LogP contribution in [0.2, 0.25) is 0 Å². The molecule has 4 nitrogen and oxygen atoms in total. The van der Waals surface area contributed by atoms with E-state index in [2.05, 4.69) is 25.7 Å². The fourth-order valence-corrected chi connectivity index (χ4v) is 2.90. The molecule has 2 N–H and O–H groups in total. The number of carbonyl (C=O) groups excluding carboxylic acids is 1. The average molecular weight is 299 g/mol. The molecular formula is C15H29N3OS. The first-order valence-electron chi connectivity index (χ1n) is 7.76. The Morgan fingerprint density at radius 3 is 2.25 bits per heavy atom. The maximum Gasteiger partial charge on any atom is 0.222 e. The molecule has 1 unspecified atom stereocenters. The minimum absolute atomic E-state index is 0.197. The summed E-state index contributed by atoms with van der Waals surface area (Å²) in [7, 11) is 0. The van der Waals surface area contributed by atoms with Crippen LogP contribution in [0.3, 0.4) is 0 Å². The van der Waals surface area contributed by atoms with Gasteiger partial charge in [-0.1, -0.05) is 39.4 Å². The molecule has 0 aliphatic carbocycles. The molecule has 0 saturated carbocycles. The van der Waals surface area contributed by atoms with Gasteiger partial charge in [0.25, 0.3) is 0 Å². The quantitative estimate of drug-likeness (QED) is 0.731. The lowest BCUT2D eigenvalue weighted by molar-refractivity contribution is -0.133. The molecule has 1 aliphatic rings. The van der Waals surface area contributed by atoms with Crippen LogP contribution in [0.4, 0.5) is 0 Å². The number of thiocarbonyl (C=S) groups is 1. The van der Waals surface area contributed by atoms with Crippen LogP contribution in [-0.4, -0.2) is 52.9 Å². The topological polar surface area (TPSA) is 49.6 Å². The maximum absolute atomic E-state index is 12.1. The van der Waals surface area contributed by atoms with Crippen LogP contribution in [-0.2, 0) is 4.79 Å². The van der Waals surface area contributed by atoms with Crippen LogP contribution < -0.4 is 5.73 Å². The Hall–Kier alpha value is -0.680. The number of nitrogens with two attached hydrogens (primary N) is 1. The third-order valence-corrected chi connectivity index (χ3v) is 4.21. The molecule has 1 amide bonds. The zero-order chi connectivity index (χ0) is 15.1. The SMILES string of the molecule is CCCC(C(N)=S)N1CCN(C(=O)CCC(C)C)CC1. The van der Waals surface area contributed by atoms with Crippen LogP contribution in [0, 0.1) is 5.92 Å². The summed E-state index contributed by atoms with van der Waals surface area (Å²) in [5.41, 5.74) is 5.84. The molecule has 0 bridgehead atoms. The normalized spacial score (nSPS) is 18.3. The summed E-state index contributed by atoms with van der Waals surface area (Å²) in [6, 6.07) is 0.197. The lowest BCUT2D eigenvalue weighted by atomic mass is 10.1. The summed E-state index contributed by atoms with van der Waals surface area (Å²) in [5.74, 6) is 0.879. The molecule has 1 rings (SSSR count). The minimum Gasteiger partial charge on any atom is -0.392 e. The average Bonchev–Trinajstić information content (AvgIpc) is 2.42. The second-order valence-electron chi connectivity index (χ2n) is 6.06. The molecule has 1 heterocycles. The number of rotatable bonds is 7. The third-order valence-electron chi connectivity index (χ3n) is 3.93. The highest BCUT2D eigenvalue weighted by Crippen LogP contribution is 2.13. The van der Waals surface area contributed by atoms with E-state index in [9.17, 15) is 4.79 Å². The maximum atomic E-state index is 12.1. The van der Waals surface area contributed by atoms with Crippen molar-refractivity contribution < 1.29 is 4.79 Å². The van der Waals surface area contributed by atoms with Gasteiger partial charge in [-0.05, 0) is 18.8 Å². The largest absolute Gasteiger partial charge is 0.392 e. The van der Waals surface area contributed by atoms with Crippen LogP contribution in [0.25, 0.3) is 0 Å². The van der Waals surface area contributed by atoms with E-state index in [-0.39, 0.29) is 6.04 Å². The van der Waals surface area contributed by atoms with E-state index in [1.54, 1.807) is 0 Å². The number of hydrogen-bond acceptors (Lipinski definition) is 3. The van der Waals surface area contributed by atoms with Gasteiger partial charge in [0.1, 0.15) is 0 Å². The summed E-state index contributed by atoms with van der Waals surface area (Å²) in [6.07, 6.45) is 3.74. The number of piperazine rings is 1. The summed E-state index contributed by atoms with van der Waals surface area (Å²) >= 11 is 5.17. The lowest BCUT2D eigenvalue weighted by Crippen LogP contribution is -2.54. The summed E-state index contributed by atoms with van der Waals surface area (Å²) in [4.78, 5) is 17.0. The van der Waals surface area contributed by atoms with Crippen molar-refractivity contribution in [2.45, 2.75) is 52.5 Å². The number of carbonyl (C=O) groups is 1. The molecule has 1 saturated heterocycles. The molecule has 0 aromatic rings. The number of hydrogen-bond donors (Lipinski definition) is 1. The van der Waals surface area contributed by atoms with Crippen LogP contribution >= 0.6 is 12.2 Å². The Morgan fingerprint density at radius 1 is 1.20 bits per heavy atom. The third kappa shape index (κ3) is 5.37. The Bertz CT molecular complexity index is 325. The fourth-order valence-electron chi connectivity index (χ4n) is 2.63. The molecular weight excluding hydrogens is 270 g/mol. The van der Waals surface area contributed by atoms with Gasteiger partial charge in [0.15, 0.2) is 0 Å². The molecule has 0 spiro atoms. The Kier molecular flexibility index (Phi) is 7.45. The Balaban J connectivity index is 2.42. The lowest BCUT2D eigenvalue weighted by Gasteiger charge is -2.39. The molecule has 20 heavy (non-hydrogen) atoms. The van der Waals surface area contributed by atoms with Crippen LogP contribution in [0.15, 0.2) is 0 Å².